The van der Waals surface area contributed by atoms with Crippen LogP contribution in [0.2, 0.25) is 0 Å². The zero-order valence-corrected chi connectivity index (χ0v) is 22.9. The average molecular weight is 583 g/mol. The molecule has 5 rings (SSSR count). The topological polar surface area (TPSA) is 121 Å². The molecule has 3 N–H and O–H groups in total. The molecule has 0 radical (unpaired) electrons. The van der Waals surface area contributed by atoms with Crippen molar-refractivity contribution in [3.05, 3.63) is 72.2 Å². The summed E-state index contributed by atoms with van der Waals surface area (Å²) in [6, 6.07) is 9.17. The zero-order valence-electron chi connectivity index (χ0n) is 22.9. The number of likely N-dealkylation sites (tertiary alicyclic amines) is 1. The van der Waals surface area contributed by atoms with Crippen LogP contribution >= 0.6 is 0 Å². The van der Waals surface area contributed by atoms with Crippen molar-refractivity contribution in [2.45, 2.75) is 12.8 Å². The van der Waals surface area contributed by atoms with Gasteiger partial charge < -0.3 is 20.3 Å². The van der Waals surface area contributed by atoms with Gasteiger partial charge in [0, 0.05) is 43.5 Å². The molecular weight excluding hydrogens is 553 g/mol. The molecule has 1 saturated heterocycles. The van der Waals surface area contributed by atoms with E-state index in [0.29, 0.717) is 19.0 Å². The number of rotatable bonds is 9. The van der Waals surface area contributed by atoms with Gasteiger partial charge in [0.15, 0.2) is 11.6 Å². The molecule has 10 nitrogen and oxygen atoms in total. The van der Waals surface area contributed by atoms with Crippen molar-refractivity contribution < 1.29 is 32.3 Å². The van der Waals surface area contributed by atoms with Gasteiger partial charge in [0.05, 0.1) is 5.69 Å². The maximum absolute atomic E-state index is 15.5. The third-order valence-corrected chi connectivity index (χ3v) is 7.25. The summed E-state index contributed by atoms with van der Waals surface area (Å²) in [4.78, 5) is 46.6. The van der Waals surface area contributed by atoms with Crippen molar-refractivity contribution in [3.8, 4) is 11.5 Å². The fourth-order valence-corrected chi connectivity index (χ4v) is 4.86. The minimum Gasteiger partial charge on any atom is -0.454 e. The highest BCUT2D eigenvalue weighted by molar-refractivity contribution is 6.16. The van der Waals surface area contributed by atoms with Crippen LogP contribution < -0.4 is 20.7 Å². The Balaban J connectivity index is 1.35. The molecule has 0 bridgehead atoms. The quantitative estimate of drug-likeness (QED) is 0.364. The van der Waals surface area contributed by atoms with E-state index in [4.69, 9.17) is 10.5 Å². The summed E-state index contributed by atoms with van der Waals surface area (Å²) in [6.07, 6.45) is 1.64. The van der Waals surface area contributed by atoms with E-state index in [1.165, 1.54) is 30.5 Å². The van der Waals surface area contributed by atoms with E-state index in [9.17, 15) is 18.8 Å². The Labute approximate surface area is 239 Å². The van der Waals surface area contributed by atoms with E-state index in [1.54, 1.807) is 4.90 Å². The number of nitrogens with one attached hydrogen (secondary N) is 1. The summed E-state index contributed by atoms with van der Waals surface area (Å²) in [7, 11) is 3.93. The first kappa shape index (κ1) is 28.9. The molecule has 3 aromatic rings. The smallest absolute Gasteiger partial charge is 0.323 e. The van der Waals surface area contributed by atoms with Crippen LogP contribution in [-0.2, 0) is 9.59 Å². The Hall–Kier alpha value is -4.65. The van der Waals surface area contributed by atoms with Gasteiger partial charge in [0.25, 0.3) is 0 Å². The highest BCUT2D eigenvalue weighted by Crippen LogP contribution is 2.49. The summed E-state index contributed by atoms with van der Waals surface area (Å²) in [5.74, 6) is -5.08. The molecule has 1 aliphatic heterocycles. The van der Waals surface area contributed by atoms with Crippen LogP contribution in [0, 0.1) is 28.8 Å². The Bertz CT molecular complexity index is 1520. The second-order valence-electron chi connectivity index (χ2n) is 10.7. The third kappa shape index (κ3) is 5.73. The second-order valence-corrected chi connectivity index (χ2v) is 10.7. The van der Waals surface area contributed by atoms with Gasteiger partial charge in [0.2, 0.25) is 17.6 Å². The van der Waals surface area contributed by atoms with Crippen LogP contribution in [0.4, 0.5) is 35.2 Å². The second kappa shape index (κ2) is 11.3. The van der Waals surface area contributed by atoms with Crippen molar-refractivity contribution in [1.82, 2.24) is 14.8 Å². The van der Waals surface area contributed by atoms with Gasteiger partial charge in [-0.2, -0.15) is 4.39 Å². The number of carbonyl (C=O) groups is 3. The lowest BCUT2D eigenvalue weighted by molar-refractivity contribution is -0.133. The van der Waals surface area contributed by atoms with Gasteiger partial charge in [-0.1, -0.05) is 0 Å². The van der Waals surface area contributed by atoms with Crippen molar-refractivity contribution >= 4 is 35.0 Å². The number of pyridine rings is 1. The lowest BCUT2D eigenvalue weighted by Gasteiger charge is -2.40. The molecule has 1 aliphatic carbocycles. The van der Waals surface area contributed by atoms with Crippen molar-refractivity contribution in [3.63, 3.8) is 0 Å². The standard InChI is InChI=1S/C29H29F3N6O4/c1-36(2)14-17-15-37(16-17)28(41)35-23-13-20(9-12-34-23)42-22-8-7-21(24(31)25(22)32)38(19-5-3-18(30)4-6-19)27(40)29(10-11-29)26(33)39/h3-9,12-13,17H,10-11,14-16H2,1-2H3,(H2,33,39)(H,34,35,41). The molecule has 1 aromatic heterocycles. The lowest BCUT2D eigenvalue weighted by Crippen LogP contribution is -2.54. The van der Waals surface area contributed by atoms with Crippen molar-refractivity contribution in [2.75, 3.05) is 43.9 Å². The number of anilines is 3. The highest BCUT2D eigenvalue weighted by atomic mass is 19.2. The third-order valence-electron chi connectivity index (χ3n) is 7.25. The normalized spacial score (nSPS) is 15.6. The van der Waals surface area contributed by atoms with E-state index in [-0.39, 0.29) is 36.1 Å². The molecule has 2 heterocycles. The van der Waals surface area contributed by atoms with Gasteiger partial charge in [-0.3, -0.25) is 19.8 Å². The first-order valence-corrected chi connectivity index (χ1v) is 13.2. The maximum Gasteiger partial charge on any atom is 0.323 e. The summed E-state index contributed by atoms with van der Waals surface area (Å²) in [5, 5.41) is 2.66. The van der Waals surface area contributed by atoms with E-state index >= 15 is 8.78 Å². The van der Waals surface area contributed by atoms with Gasteiger partial charge in [-0.05, 0) is 69.4 Å². The minimum absolute atomic E-state index is 0.0191. The average Bonchev–Trinajstić information content (AvgIpc) is 3.73. The number of primary amides is 1. The first-order chi connectivity index (χ1) is 20.0. The summed E-state index contributed by atoms with van der Waals surface area (Å²) in [6.45, 7) is 2.08. The highest BCUT2D eigenvalue weighted by Gasteiger charge is 2.57. The van der Waals surface area contributed by atoms with E-state index < -0.39 is 46.1 Å². The van der Waals surface area contributed by atoms with Gasteiger partial charge in [-0.25, -0.2) is 18.6 Å². The Morgan fingerprint density at radius 3 is 2.36 bits per heavy atom. The van der Waals surface area contributed by atoms with E-state index in [0.717, 1.165) is 35.7 Å². The molecule has 2 aromatic carbocycles. The number of nitrogens with two attached hydrogens (primary N) is 1. The Kier molecular flexibility index (Phi) is 7.78. The molecule has 0 atom stereocenters. The Morgan fingerprint density at radius 2 is 1.74 bits per heavy atom. The van der Waals surface area contributed by atoms with E-state index in [1.807, 2.05) is 14.1 Å². The number of halogens is 3. The first-order valence-electron chi connectivity index (χ1n) is 13.2. The number of amides is 4. The Morgan fingerprint density at radius 1 is 1.05 bits per heavy atom. The molecule has 220 valence electrons. The summed E-state index contributed by atoms with van der Waals surface area (Å²) >= 11 is 0. The molecule has 0 spiro atoms. The summed E-state index contributed by atoms with van der Waals surface area (Å²) < 4.78 is 50.0. The molecule has 1 saturated carbocycles. The fraction of sp³-hybridized carbons (Fsp3) is 0.310. The van der Waals surface area contributed by atoms with Gasteiger partial charge in [0.1, 0.15) is 22.8 Å². The summed E-state index contributed by atoms with van der Waals surface area (Å²) in [5.41, 5.74) is 3.40. The van der Waals surface area contributed by atoms with Crippen LogP contribution in [0.3, 0.4) is 0 Å². The molecular formula is C29H29F3N6O4. The number of urea groups is 1. The molecule has 42 heavy (non-hydrogen) atoms. The zero-order chi connectivity index (χ0) is 30.2. The van der Waals surface area contributed by atoms with Crippen molar-refractivity contribution in [1.29, 1.82) is 0 Å². The largest absolute Gasteiger partial charge is 0.454 e. The number of benzene rings is 2. The predicted octanol–water partition coefficient (Wildman–Crippen LogP) is 4.25. The van der Waals surface area contributed by atoms with Crippen LogP contribution in [0.25, 0.3) is 0 Å². The lowest BCUT2D eigenvalue weighted by atomic mass is 10.0. The molecule has 2 aliphatic rings. The molecule has 13 heteroatoms. The predicted molar refractivity (Wildman–Crippen MR) is 148 cm³/mol. The molecule has 2 fully saturated rings. The number of aromatic nitrogens is 1. The fourth-order valence-electron chi connectivity index (χ4n) is 4.86. The maximum atomic E-state index is 15.5. The molecule has 4 amide bonds. The number of hydrogen-bond acceptors (Lipinski definition) is 6. The monoisotopic (exact) mass is 582 g/mol. The van der Waals surface area contributed by atoms with Crippen LogP contribution in [0.15, 0.2) is 54.7 Å². The van der Waals surface area contributed by atoms with Gasteiger partial charge in [-0.15, -0.1) is 0 Å². The SMILES string of the molecule is CN(C)CC1CN(C(=O)Nc2cc(Oc3ccc(N(C(=O)C4(C(N)=O)CC4)c4ccc(F)cc4)c(F)c3F)ccn2)C1. The number of carbonyl (C=O) groups excluding carboxylic acids is 3. The van der Waals surface area contributed by atoms with E-state index in [2.05, 4.69) is 15.2 Å². The number of hydrogen-bond donors (Lipinski definition) is 2. The number of nitrogens with zero attached hydrogens (tertiary/aromatic N) is 4. The van der Waals surface area contributed by atoms with Crippen LogP contribution in [0.5, 0.6) is 11.5 Å². The van der Waals surface area contributed by atoms with Gasteiger partial charge >= 0.3 is 6.03 Å². The molecule has 0 unspecified atom stereocenters. The minimum atomic E-state index is -1.56. The number of ether oxygens (including phenoxy) is 1. The van der Waals surface area contributed by atoms with Crippen molar-refractivity contribution in [2.24, 2.45) is 17.1 Å². The van der Waals surface area contributed by atoms with Crippen LogP contribution in [0.1, 0.15) is 12.8 Å². The van der Waals surface area contributed by atoms with Crippen LogP contribution in [-0.4, -0.2) is 66.4 Å².